The second-order valence-corrected chi connectivity index (χ2v) is 5.98. The molecule has 0 fully saturated rings. The first-order valence-corrected chi connectivity index (χ1v) is 8.36. The van der Waals surface area contributed by atoms with E-state index in [2.05, 4.69) is 10.3 Å². The number of ether oxygens (including phenoxy) is 4. The van der Waals surface area contributed by atoms with Crippen molar-refractivity contribution < 1.29 is 23.7 Å². The van der Waals surface area contributed by atoms with Crippen molar-refractivity contribution >= 4 is 34.1 Å². The van der Waals surface area contributed by atoms with E-state index in [4.69, 9.17) is 30.5 Å². The van der Waals surface area contributed by atoms with Crippen molar-refractivity contribution in [2.75, 3.05) is 33.8 Å². The van der Waals surface area contributed by atoms with Crippen LogP contribution in [0.5, 0.6) is 23.0 Å². The van der Waals surface area contributed by atoms with Gasteiger partial charge >= 0.3 is 0 Å². The lowest BCUT2D eigenvalue weighted by Crippen LogP contribution is -2.11. The highest BCUT2D eigenvalue weighted by molar-refractivity contribution is 6.32. The summed E-state index contributed by atoms with van der Waals surface area (Å²) in [6.07, 6.45) is 1.60. The summed E-state index contributed by atoms with van der Waals surface area (Å²) in [4.78, 5) is 15.9. The van der Waals surface area contributed by atoms with E-state index in [1.165, 1.54) is 28.4 Å². The van der Waals surface area contributed by atoms with Crippen molar-refractivity contribution in [1.29, 1.82) is 0 Å². The molecule has 0 saturated heterocycles. The molecular weight excluding hydrogens is 372 g/mol. The van der Waals surface area contributed by atoms with Crippen LogP contribution in [0, 0.1) is 0 Å². The Kier molecular flexibility index (Phi) is 5.32. The zero-order valence-corrected chi connectivity index (χ0v) is 16.1. The summed E-state index contributed by atoms with van der Waals surface area (Å²) >= 11 is 6.12. The molecule has 8 heteroatoms. The molecule has 0 unspecified atom stereocenters. The van der Waals surface area contributed by atoms with Crippen molar-refractivity contribution in [3.05, 3.63) is 41.0 Å². The van der Waals surface area contributed by atoms with E-state index in [0.717, 1.165) is 0 Å². The van der Waals surface area contributed by atoms with Crippen LogP contribution in [0.4, 0.5) is 5.69 Å². The Labute approximate surface area is 161 Å². The summed E-state index contributed by atoms with van der Waals surface area (Å²) in [6, 6.07) is 6.76. The summed E-state index contributed by atoms with van der Waals surface area (Å²) in [5.41, 5.74) is 1.62. The van der Waals surface area contributed by atoms with E-state index in [-0.39, 0.29) is 5.91 Å². The van der Waals surface area contributed by atoms with Crippen molar-refractivity contribution in [3.63, 3.8) is 0 Å². The van der Waals surface area contributed by atoms with E-state index in [1.54, 1.807) is 30.5 Å². The Morgan fingerprint density at radius 2 is 1.67 bits per heavy atom. The number of H-pyrrole nitrogens is 1. The van der Waals surface area contributed by atoms with Crippen LogP contribution >= 0.6 is 11.6 Å². The molecule has 1 amide bonds. The largest absolute Gasteiger partial charge is 0.495 e. The summed E-state index contributed by atoms with van der Waals surface area (Å²) in [7, 11) is 6.08. The first-order valence-electron chi connectivity index (χ1n) is 7.99. The molecule has 27 heavy (non-hydrogen) atoms. The summed E-state index contributed by atoms with van der Waals surface area (Å²) in [5.74, 6) is 1.52. The number of benzene rings is 2. The number of methoxy groups -OCH3 is 4. The number of carbonyl (C=O) groups excluding carboxylic acids is 1. The maximum Gasteiger partial charge on any atom is 0.257 e. The van der Waals surface area contributed by atoms with Crippen molar-refractivity contribution in [2.24, 2.45) is 0 Å². The summed E-state index contributed by atoms with van der Waals surface area (Å²) in [6.45, 7) is 0. The minimum Gasteiger partial charge on any atom is -0.495 e. The Hall–Kier alpha value is -3.06. The molecule has 0 saturated carbocycles. The van der Waals surface area contributed by atoms with Gasteiger partial charge in [0.1, 0.15) is 5.75 Å². The number of fused-ring (bicyclic) bond motifs is 1. The third-order valence-electron chi connectivity index (χ3n) is 4.13. The van der Waals surface area contributed by atoms with Crippen LogP contribution in [0.1, 0.15) is 10.4 Å². The fraction of sp³-hybridized carbons (Fsp3) is 0.211. The van der Waals surface area contributed by atoms with Crippen molar-refractivity contribution in [1.82, 2.24) is 4.98 Å². The monoisotopic (exact) mass is 390 g/mol. The van der Waals surface area contributed by atoms with E-state index < -0.39 is 0 Å². The second-order valence-electron chi connectivity index (χ2n) is 5.57. The van der Waals surface area contributed by atoms with E-state index >= 15 is 0 Å². The minimum absolute atomic E-state index is 0.326. The predicted octanol–water partition coefficient (Wildman–Crippen LogP) is 4.11. The molecule has 2 aromatic carbocycles. The molecule has 0 aliphatic rings. The predicted molar refractivity (Wildman–Crippen MR) is 104 cm³/mol. The highest BCUT2D eigenvalue weighted by atomic mass is 35.5. The number of nitrogens with one attached hydrogen (secondary N) is 2. The summed E-state index contributed by atoms with van der Waals surface area (Å²) in [5, 5.41) is 3.81. The highest BCUT2D eigenvalue weighted by Gasteiger charge is 2.23. The number of anilines is 1. The average Bonchev–Trinajstić information content (AvgIpc) is 3.10. The van der Waals surface area contributed by atoms with E-state index in [1.807, 2.05) is 0 Å². The van der Waals surface area contributed by atoms with E-state index in [0.29, 0.717) is 50.2 Å². The van der Waals surface area contributed by atoms with Gasteiger partial charge in [0.05, 0.1) is 49.9 Å². The zero-order valence-electron chi connectivity index (χ0n) is 15.3. The molecule has 3 aromatic rings. The molecular formula is C19H19ClN2O5. The Morgan fingerprint density at radius 1 is 0.963 bits per heavy atom. The Bertz CT molecular complexity index is 999. The molecule has 0 radical (unpaired) electrons. The molecule has 2 N–H and O–H groups in total. The minimum atomic E-state index is -0.326. The van der Waals surface area contributed by atoms with Crippen LogP contribution < -0.4 is 24.3 Å². The van der Waals surface area contributed by atoms with Gasteiger partial charge in [0, 0.05) is 18.0 Å². The summed E-state index contributed by atoms with van der Waals surface area (Å²) < 4.78 is 21.4. The number of carbonyl (C=O) groups is 1. The topological polar surface area (TPSA) is 81.8 Å². The van der Waals surface area contributed by atoms with Gasteiger partial charge in [-0.1, -0.05) is 11.6 Å². The molecule has 0 spiro atoms. The molecule has 3 rings (SSSR count). The zero-order chi connectivity index (χ0) is 19.6. The fourth-order valence-electron chi connectivity index (χ4n) is 2.88. The van der Waals surface area contributed by atoms with Crippen LogP contribution in [-0.2, 0) is 0 Å². The lowest BCUT2D eigenvalue weighted by Gasteiger charge is -2.14. The lowest BCUT2D eigenvalue weighted by molar-refractivity contribution is 0.102. The lowest BCUT2D eigenvalue weighted by atomic mass is 10.1. The first kappa shape index (κ1) is 18.7. The van der Waals surface area contributed by atoms with Gasteiger partial charge < -0.3 is 29.2 Å². The molecule has 0 aliphatic carbocycles. The Balaban J connectivity index is 2.03. The second kappa shape index (κ2) is 7.67. The number of amides is 1. The van der Waals surface area contributed by atoms with Gasteiger partial charge in [0.15, 0.2) is 11.5 Å². The van der Waals surface area contributed by atoms with E-state index in [9.17, 15) is 4.79 Å². The quantitative estimate of drug-likeness (QED) is 0.662. The van der Waals surface area contributed by atoms with Gasteiger partial charge in [0.25, 0.3) is 5.91 Å². The van der Waals surface area contributed by atoms with Crippen LogP contribution in [0.25, 0.3) is 10.9 Å². The van der Waals surface area contributed by atoms with Crippen LogP contribution in [0.3, 0.4) is 0 Å². The number of hydrogen-bond acceptors (Lipinski definition) is 5. The van der Waals surface area contributed by atoms with Crippen molar-refractivity contribution in [3.8, 4) is 23.0 Å². The number of halogens is 1. The van der Waals surface area contributed by atoms with Crippen LogP contribution in [-0.4, -0.2) is 39.3 Å². The van der Waals surface area contributed by atoms with Gasteiger partial charge in [0.2, 0.25) is 5.75 Å². The van der Waals surface area contributed by atoms with Crippen LogP contribution in [0.15, 0.2) is 30.5 Å². The van der Waals surface area contributed by atoms with Gasteiger partial charge in [-0.3, -0.25) is 4.79 Å². The highest BCUT2D eigenvalue weighted by Crippen LogP contribution is 2.44. The van der Waals surface area contributed by atoms with Crippen LogP contribution in [0.2, 0.25) is 5.02 Å². The number of aromatic amines is 1. The van der Waals surface area contributed by atoms with Gasteiger partial charge in [-0.25, -0.2) is 0 Å². The smallest absolute Gasteiger partial charge is 0.257 e. The number of aromatic nitrogens is 1. The molecule has 0 atom stereocenters. The van der Waals surface area contributed by atoms with Gasteiger partial charge in [-0.05, 0) is 18.2 Å². The van der Waals surface area contributed by atoms with Crippen molar-refractivity contribution in [2.45, 2.75) is 0 Å². The fourth-order valence-corrected chi connectivity index (χ4v) is 3.14. The average molecular weight is 391 g/mol. The molecule has 1 heterocycles. The third kappa shape index (κ3) is 3.33. The first-order chi connectivity index (χ1) is 13.0. The Morgan fingerprint density at radius 3 is 2.26 bits per heavy atom. The van der Waals surface area contributed by atoms with Gasteiger partial charge in [-0.2, -0.15) is 0 Å². The third-order valence-corrected chi connectivity index (χ3v) is 4.42. The van der Waals surface area contributed by atoms with Gasteiger partial charge in [-0.15, -0.1) is 0 Å². The molecule has 0 aliphatic heterocycles. The standard InChI is InChI=1S/C19H19ClN2O5/c1-24-14-6-5-10(7-12(14)20)22-19(23)11-9-21-13-8-15(25-2)17(26-3)18(27-4)16(11)13/h5-9,21H,1-4H3,(H,22,23). The normalized spacial score (nSPS) is 10.6. The number of rotatable bonds is 6. The molecule has 142 valence electrons. The molecule has 0 bridgehead atoms. The SMILES string of the molecule is COc1ccc(NC(=O)c2c[nH]c3cc(OC)c(OC)c(OC)c23)cc1Cl. The maximum absolute atomic E-state index is 12.8. The number of hydrogen-bond donors (Lipinski definition) is 2. The maximum atomic E-state index is 12.8. The molecule has 1 aromatic heterocycles. The molecule has 7 nitrogen and oxygen atoms in total.